The van der Waals surface area contributed by atoms with Gasteiger partial charge in [-0.15, -0.1) is 11.3 Å². The van der Waals surface area contributed by atoms with Crippen molar-refractivity contribution in [3.8, 4) is 17.0 Å². The maximum absolute atomic E-state index is 11.1. The van der Waals surface area contributed by atoms with Crippen LogP contribution in [0, 0.1) is 0 Å². The van der Waals surface area contributed by atoms with Gasteiger partial charge in [0.05, 0.1) is 24.0 Å². The zero-order chi connectivity index (χ0) is 27.1. The van der Waals surface area contributed by atoms with Crippen molar-refractivity contribution in [1.29, 1.82) is 0 Å². The summed E-state index contributed by atoms with van der Waals surface area (Å²) in [6, 6.07) is 19.0. The highest BCUT2D eigenvalue weighted by atomic mass is 32.1. The fraction of sp³-hybridized carbons (Fsp3) is 0.323. The van der Waals surface area contributed by atoms with Crippen molar-refractivity contribution < 1.29 is 14.6 Å². The Morgan fingerprint density at radius 2 is 1.74 bits per heavy atom. The average Bonchev–Trinajstić information content (AvgIpc) is 3.41. The van der Waals surface area contributed by atoms with Gasteiger partial charge in [-0.3, -0.25) is 4.98 Å². The minimum absolute atomic E-state index is 0.104. The summed E-state index contributed by atoms with van der Waals surface area (Å²) in [5, 5.41) is 12.3. The van der Waals surface area contributed by atoms with Crippen LogP contribution in [0.25, 0.3) is 11.3 Å². The molecular formula is C31H35N3O3S. The Labute approximate surface area is 229 Å². The molecule has 0 aliphatic heterocycles. The largest absolute Gasteiger partial charge is 0.487 e. The number of benzene rings is 2. The van der Waals surface area contributed by atoms with E-state index in [9.17, 15) is 4.79 Å². The first-order valence-electron chi connectivity index (χ1n) is 13.1. The van der Waals surface area contributed by atoms with E-state index in [2.05, 4.69) is 67.2 Å². The molecule has 2 aromatic heterocycles. The number of anilines is 1. The quantitative estimate of drug-likeness (QED) is 0.202. The van der Waals surface area contributed by atoms with Crippen molar-refractivity contribution in [3.05, 3.63) is 94.1 Å². The average molecular weight is 530 g/mol. The second-order valence-corrected chi connectivity index (χ2v) is 10.6. The summed E-state index contributed by atoms with van der Waals surface area (Å²) in [6.07, 6.45) is 5.15. The molecule has 6 nitrogen and oxygen atoms in total. The monoisotopic (exact) mass is 529 g/mol. The van der Waals surface area contributed by atoms with Gasteiger partial charge in [0, 0.05) is 28.9 Å². The van der Waals surface area contributed by atoms with E-state index in [0.717, 1.165) is 41.2 Å². The molecular weight excluding hydrogens is 494 g/mol. The minimum atomic E-state index is -1.03. The first-order chi connectivity index (χ1) is 18.4. The van der Waals surface area contributed by atoms with E-state index in [-0.39, 0.29) is 5.56 Å². The lowest BCUT2D eigenvalue weighted by atomic mass is 9.94. The van der Waals surface area contributed by atoms with Gasteiger partial charge in [0.1, 0.15) is 17.4 Å². The lowest BCUT2D eigenvalue weighted by Crippen LogP contribution is -2.30. The summed E-state index contributed by atoms with van der Waals surface area (Å²) in [7, 11) is 0. The highest BCUT2D eigenvalue weighted by Crippen LogP contribution is 2.29. The van der Waals surface area contributed by atoms with Gasteiger partial charge in [-0.25, -0.2) is 9.78 Å². The molecule has 0 saturated carbocycles. The third-order valence-corrected chi connectivity index (χ3v) is 7.61. The van der Waals surface area contributed by atoms with Crippen LogP contribution in [0.5, 0.6) is 5.75 Å². The predicted octanol–water partition coefficient (Wildman–Crippen LogP) is 7.80. The third-order valence-electron chi connectivity index (χ3n) is 6.78. The molecule has 0 amide bonds. The topological polar surface area (TPSA) is 75.5 Å². The van der Waals surface area contributed by atoms with E-state index in [0.29, 0.717) is 24.3 Å². The number of carbonyl (C=O) groups is 1. The number of aromatic nitrogens is 2. The molecule has 0 bridgehead atoms. The summed E-state index contributed by atoms with van der Waals surface area (Å²) in [6.45, 7) is 10.0. The second-order valence-electron chi connectivity index (χ2n) is 9.65. The Bertz CT molecular complexity index is 1330. The standard InChI is InChI=1S/C31H35N3O3S/c1-5-23(6-2)24-11-13-27(14-12-24)34(21(3)4)18-30-33-29(20-38-30)25-9-7-22(8-10-25)19-37-28-15-26(31(35)36)16-32-17-28/h7-17,20-21,23H,5-6,18-19H2,1-4H3,(H,35,36). The number of rotatable bonds is 12. The highest BCUT2D eigenvalue weighted by molar-refractivity contribution is 7.10. The Kier molecular flexibility index (Phi) is 9.13. The molecule has 38 heavy (non-hydrogen) atoms. The summed E-state index contributed by atoms with van der Waals surface area (Å²) >= 11 is 1.68. The van der Waals surface area contributed by atoms with E-state index < -0.39 is 5.97 Å². The summed E-state index contributed by atoms with van der Waals surface area (Å²) in [5.41, 5.74) is 5.73. The summed E-state index contributed by atoms with van der Waals surface area (Å²) < 4.78 is 5.73. The van der Waals surface area contributed by atoms with Crippen molar-refractivity contribution >= 4 is 23.0 Å². The lowest BCUT2D eigenvalue weighted by Gasteiger charge is -2.28. The molecule has 2 aromatic carbocycles. The normalized spacial score (nSPS) is 11.2. The first kappa shape index (κ1) is 27.3. The van der Waals surface area contributed by atoms with E-state index in [1.54, 1.807) is 11.3 Å². The second kappa shape index (κ2) is 12.7. The SMILES string of the molecule is CCC(CC)c1ccc(N(Cc2nc(-c3ccc(COc4cncc(C(=O)O)c4)cc3)cs2)C(C)C)cc1. The summed E-state index contributed by atoms with van der Waals surface area (Å²) in [4.78, 5) is 22.4. The molecule has 0 spiro atoms. The zero-order valence-corrected chi connectivity index (χ0v) is 23.2. The van der Waals surface area contributed by atoms with Crippen molar-refractivity contribution in [3.63, 3.8) is 0 Å². The van der Waals surface area contributed by atoms with E-state index in [1.807, 2.05) is 24.3 Å². The minimum Gasteiger partial charge on any atom is -0.487 e. The number of pyridine rings is 1. The van der Waals surface area contributed by atoms with Crippen LogP contribution < -0.4 is 9.64 Å². The summed E-state index contributed by atoms with van der Waals surface area (Å²) in [5.74, 6) is 0.0237. The molecule has 198 valence electrons. The van der Waals surface area contributed by atoms with Crippen LogP contribution in [0.3, 0.4) is 0 Å². The number of carboxylic acid groups (broad SMARTS) is 1. The molecule has 0 unspecified atom stereocenters. The fourth-order valence-corrected chi connectivity index (χ4v) is 5.29. The highest BCUT2D eigenvalue weighted by Gasteiger charge is 2.15. The van der Waals surface area contributed by atoms with Gasteiger partial charge in [0.2, 0.25) is 0 Å². The van der Waals surface area contributed by atoms with Gasteiger partial charge in [-0.2, -0.15) is 0 Å². The first-order valence-corrected chi connectivity index (χ1v) is 14.0. The maximum Gasteiger partial charge on any atom is 0.337 e. The van der Waals surface area contributed by atoms with Crippen LogP contribution in [0.15, 0.2) is 72.4 Å². The number of carboxylic acids is 1. The molecule has 0 radical (unpaired) electrons. The van der Waals surface area contributed by atoms with E-state index in [1.165, 1.54) is 29.7 Å². The molecule has 4 rings (SSSR count). The van der Waals surface area contributed by atoms with Crippen LogP contribution in [-0.2, 0) is 13.2 Å². The molecule has 2 heterocycles. The zero-order valence-electron chi connectivity index (χ0n) is 22.4. The molecule has 0 aliphatic carbocycles. The number of ether oxygens (including phenoxy) is 1. The number of hydrogen-bond acceptors (Lipinski definition) is 6. The molecule has 7 heteroatoms. The Balaban J connectivity index is 1.40. The number of nitrogens with zero attached hydrogens (tertiary/aromatic N) is 3. The molecule has 1 N–H and O–H groups in total. The van der Waals surface area contributed by atoms with Crippen LogP contribution in [0.1, 0.15) is 72.9 Å². The van der Waals surface area contributed by atoms with Crippen LogP contribution >= 0.6 is 11.3 Å². The lowest BCUT2D eigenvalue weighted by molar-refractivity contribution is 0.0696. The van der Waals surface area contributed by atoms with Gasteiger partial charge < -0.3 is 14.7 Å². The molecule has 0 saturated heterocycles. The van der Waals surface area contributed by atoms with Crippen LogP contribution in [-0.4, -0.2) is 27.1 Å². The molecule has 0 fully saturated rings. The molecule has 0 aliphatic rings. The van der Waals surface area contributed by atoms with Crippen molar-refractivity contribution in [2.45, 2.75) is 65.6 Å². The van der Waals surface area contributed by atoms with Crippen molar-refractivity contribution in [2.75, 3.05) is 4.90 Å². The third kappa shape index (κ3) is 6.78. The fourth-order valence-electron chi connectivity index (χ4n) is 4.48. The van der Waals surface area contributed by atoms with Gasteiger partial charge in [-0.05, 0) is 61.9 Å². The van der Waals surface area contributed by atoms with Gasteiger partial charge in [0.25, 0.3) is 0 Å². The van der Waals surface area contributed by atoms with Gasteiger partial charge >= 0.3 is 5.97 Å². The Morgan fingerprint density at radius 3 is 2.37 bits per heavy atom. The van der Waals surface area contributed by atoms with E-state index in [4.69, 9.17) is 14.8 Å². The van der Waals surface area contributed by atoms with Crippen LogP contribution in [0.2, 0.25) is 0 Å². The molecule has 4 aromatic rings. The number of hydrogen-bond donors (Lipinski definition) is 1. The number of aromatic carboxylic acids is 1. The Hall–Kier alpha value is -3.71. The van der Waals surface area contributed by atoms with E-state index >= 15 is 0 Å². The van der Waals surface area contributed by atoms with Crippen LogP contribution in [0.4, 0.5) is 5.69 Å². The van der Waals surface area contributed by atoms with Gasteiger partial charge in [0.15, 0.2) is 0 Å². The number of thiazole rings is 1. The predicted molar refractivity (Wildman–Crippen MR) is 154 cm³/mol. The Morgan fingerprint density at radius 1 is 1.03 bits per heavy atom. The maximum atomic E-state index is 11.1. The van der Waals surface area contributed by atoms with Gasteiger partial charge in [-0.1, -0.05) is 50.2 Å². The molecule has 0 atom stereocenters. The van der Waals surface area contributed by atoms with Crippen molar-refractivity contribution in [1.82, 2.24) is 9.97 Å². The van der Waals surface area contributed by atoms with Crippen molar-refractivity contribution in [2.24, 2.45) is 0 Å². The smallest absolute Gasteiger partial charge is 0.337 e.